The molecule has 0 aliphatic rings. The normalized spacial score (nSPS) is 13.3. The molecule has 4 nitrogen and oxygen atoms in total. The summed E-state index contributed by atoms with van der Waals surface area (Å²) in [6.07, 6.45) is 2.70. The number of aliphatic hydroxyl groups is 1. The number of nitrogens with zero attached hydrogens (tertiary/aromatic N) is 3. The predicted octanol–water partition coefficient (Wildman–Crippen LogP) is 2.76. The van der Waals surface area contributed by atoms with Gasteiger partial charge >= 0.3 is 0 Å². The van der Waals surface area contributed by atoms with E-state index in [-0.39, 0.29) is 6.04 Å². The molecule has 0 aliphatic heterocycles. The topological polar surface area (TPSA) is 50.9 Å². The number of halogens is 1. The molecule has 0 aromatic carbocycles. The highest BCUT2D eigenvalue weighted by Gasteiger charge is 2.19. The Labute approximate surface area is 106 Å². The van der Waals surface area contributed by atoms with Crippen LogP contribution in [-0.4, -0.2) is 19.6 Å². The van der Waals surface area contributed by atoms with E-state index in [0.29, 0.717) is 5.01 Å². The number of hydrogen-bond acceptors (Lipinski definition) is 4. The van der Waals surface area contributed by atoms with Gasteiger partial charge in [-0.2, -0.15) is 0 Å². The number of thiazole rings is 1. The van der Waals surface area contributed by atoms with Crippen LogP contribution in [0.25, 0.3) is 0 Å². The minimum atomic E-state index is -0.707. The van der Waals surface area contributed by atoms with Gasteiger partial charge in [-0.25, -0.2) is 9.97 Å². The molecule has 0 radical (unpaired) electrons. The first-order valence-corrected chi connectivity index (χ1v) is 6.57. The molecule has 86 valence electrons. The summed E-state index contributed by atoms with van der Waals surface area (Å²) in [5.41, 5.74) is 0.775. The molecule has 2 rings (SSSR count). The summed E-state index contributed by atoms with van der Waals surface area (Å²) in [6, 6.07) is 0.274. The second-order valence-electron chi connectivity index (χ2n) is 3.73. The molecule has 0 amide bonds. The van der Waals surface area contributed by atoms with E-state index in [9.17, 15) is 5.11 Å². The van der Waals surface area contributed by atoms with E-state index >= 15 is 0 Å². The summed E-state index contributed by atoms with van der Waals surface area (Å²) >= 11 is 4.70. The lowest BCUT2D eigenvalue weighted by Gasteiger charge is -2.14. The summed E-state index contributed by atoms with van der Waals surface area (Å²) in [4.78, 5) is 8.28. The van der Waals surface area contributed by atoms with Crippen molar-refractivity contribution < 1.29 is 5.11 Å². The maximum absolute atomic E-state index is 10.2. The fourth-order valence-electron chi connectivity index (χ4n) is 1.48. The van der Waals surface area contributed by atoms with Crippen LogP contribution >= 0.6 is 27.3 Å². The Kier molecular flexibility index (Phi) is 3.41. The van der Waals surface area contributed by atoms with E-state index in [1.165, 1.54) is 11.3 Å². The zero-order valence-electron chi connectivity index (χ0n) is 8.96. The van der Waals surface area contributed by atoms with Crippen molar-refractivity contribution in [3.63, 3.8) is 0 Å². The van der Waals surface area contributed by atoms with Crippen molar-refractivity contribution in [2.45, 2.75) is 26.0 Å². The third-order valence-electron chi connectivity index (χ3n) is 2.26. The maximum atomic E-state index is 10.2. The van der Waals surface area contributed by atoms with Gasteiger partial charge in [-0.05, 0) is 29.8 Å². The molecule has 16 heavy (non-hydrogen) atoms. The van der Waals surface area contributed by atoms with Crippen LogP contribution in [0.5, 0.6) is 0 Å². The fourth-order valence-corrected chi connectivity index (χ4v) is 2.74. The summed E-state index contributed by atoms with van der Waals surface area (Å²) in [6.45, 7) is 4.10. The minimum Gasteiger partial charge on any atom is -0.380 e. The van der Waals surface area contributed by atoms with Gasteiger partial charge in [0, 0.05) is 11.4 Å². The van der Waals surface area contributed by atoms with E-state index in [0.717, 1.165) is 10.3 Å². The first-order valence-electron chi connectivity index (χ1n) is 4.90. The Morgan fingerprint density at radius 3 is 2.81 bits per heavy atom. The lowest BCUT2D eigenvalue weighted by Crippen LogP contribution is -2.09. The van der Waals surface area contributed by atoms with Crippen LogP contribution in [0.2, 0.25) is 0 Å². The second-order valence-corrected chi connectivity index (χ2v) is 5.43. The highest BCUT2D eigenvalue weighted by Crippen LogP contribution is 2.27. The minimum absolute atomic E-state index is 0.274. The molecule has 2 aromatic heterocycles. The van der Waals surface area contributed by atoms with Gasteiger partial charge in [-0.3, -0.25) is 0 Å². The lowest BCUT2D eigenvalue weighted by atomic mass is 10.2. The van der Waals surface area contributed by atoms with Crippen LogP contribution in [0.4, 0.5) is 0 Å². The highest BCUT2D eigenvalue weighted by atomic mass is 79.9. The summed E-state index contributed by atoms with van der Waals surface area (Å²) in [5.74, 6) is 0. The Hall–Kier alpha value is -0.720. The van der Waals surface area contributed by atoms with E-state index < -0.39 is 6.10 Å². The zero-order valence-corrected chi connectivity index (χ0v) is 11.4. The molecule has 2 aromatic rings. The molecule has 0 bridgehead atoms. The molecule has 1 N–H and O–H groups in total. The van der Waals surface area contributed by atoms with Gasteiger partial charge in [-0.15, -0.1) is 11.3 Å². The molecule has 0 aliphatic carbocycles. The summed E-state index contributed by atoms with van der Waals surface area (Å²) in [5, 5.41) is 12.7. The third kappa shape index (κ3) is 2.18. The van der Waals surface area contributed by atoms with Crippen LogP contribution in [0.15, 0.2) is 22.5 Å². The average Bonchev–Trinajstić information content (AvgIpc) is 2.84. The molecule has 1 unspecified atom stereocenters. The van der Waals surface area contributed by atoms with Crippen molar-refractivity contribution in [2.75, 3.05) is 0 Å². The number of aromatic nitrogens is 3. The molecule has 0 fully saturated rings. The summed E-state index contributed by atoms with van der Waals surface area (Å²) in [7, 11) is 0. The van der Waals surface area contributed by atoms with Gasteiger partial charge in [-0.1, -0.05) is 0 Å². The Morgan fingerprint density at radius 1 is 1.50 bits per heavy atom. The van der Waals surface area contributed by atoms with Gasteiger partial charge < -0.3 is 9.67 Å². The van der Waals surface area contributed by atoms with E-state index in [1.54, 1.807) is 12.5 Å². The van der Waals surface area contributed by atoms with E-state index in [1.807, 2.05) is 9.95 Å². The molecule has 0 saturated carbocycles. The Balaban J connectivity index is 2.33. The monoisotopic (exact) mass is 301 g/mol. The van der Waals surface area contributed by atoms with Crippen LogP contribution < -0.4 is 0 Å². The smallest absolute Gasteiger partial charge is 0.147 e. The van der Waals surface area contributed by atoms with Gasteiger partial charge in [0.2, 0.25) is 0 Å². The van der Waals surface area contributed by atoms with Crippen LogP contribution in [0.1, 0.15) is 36.7 Å². The zero-order chi connectivity index (χ0) is 11.7. The largest absolute Gasteiger partial charge is 0.380 e. The lowest BCUT2D eigenvalue weighted by molar-refractivity contribution is 0.207. The number of imidazole rings is 1. The van der Waals surface area contributed by atoms with Gasteiger partial charge in [0.1, 0.15) is 15.7 Å². The van der Waals surface area contributed by atoms with Gasteiger partial charge in [0.15, 0.2) is 0 Å². The van der Waals surface area contributed by atoms with E-state index in [2.05, 4.69) is 39.7 Å². The summed E-state index contributed by atoms with van der Waals surface area (Å²) < 4.78 is 2.70. The number of hydrogen-bond donors (Lipinski definition) is 1. The Morgan fingerprint density at radius 2 is 2.25 bits per heavy atom. The predicted molar refractivity (Wildman–Crippen MR) is 66.5 cm³/mol. The standard InChI is InChI=1S/C10H12BrN3OS/c1-6(2)14-5-12-3-7(14)9(15)10-13-8(11)4-16-10/h3-6,9,15H,1-2H3. The second kappa shape index (κ2) is 4.65. The first-order chi connectivity index (χ1) is 7.59. The van der Waals surface area contributed by atoms with Crippen molar-refractivity contribution >= 4 is 27.3 Å². The van der Waals surface area contributed by atoms with Crippen molar-refractivity contribution in [1.29, 1.82) is 0 Å². The highest BCUT2D eigenvalue weighted by molar-refractivity contribution is 9.10. The number of aliphatic hydroxyl groups excluding tert-OH is 1. The van der Waals surface area contributed by atoms with Gasteiger partial charge in [0.05, 0.1) is 18.2 Å². The fraction of sp³-hybridized carbons (Fsp3) is 0.400. The Bertz CT molecular complexity index is 480. The van der Waals surface area contributed by atoms with Gasteiger partial charge in [0.25, 0.3) is 0 Å². The quantitative estimate of drug-likeness (QED) is 0.948. The van der Waals surface area contributed by atoms with Crippen molar-refractivity contribution in [1.82, 2.24) is 14.5 Å². The van der Waals surface area contributed by atoms with Crippen molar-refractivity contribution in [3.8, 4) is 0 Å². The molecular formula is C10H12BrN3OS. The van der Waals surface area contributed by atoms with Crippen LogP contribution in [-0.2, 0) is 0 Å². The van der Waals surface area contributed by atoms with Crippen molar-refractivity contribution in [3.05, 3.63) is 33.2 Å². The third-order valence-corrected chi connectivity index (χ3v) is 3.87. The molecule has 1 atom stereocenters. The molecular weight excluding hydrogens is 290 g/mol. The van der Waals surface area contributed by atoms with Crippen LogP contribution in [0, 0.1) is 0 Å². The van der Waals surface area contributed by atoms with Crippen LogP contribution in [0.3, 0.4) is 0 Å². The molecule has 6 heteroatoms. The first kappa shape index (κ1) is 11.8. The SMILES string of the molecule is CC(C)n1cncc1C(O)c1nc(Br)cs1. The van der Waals surface area contributed by atoms with Crippen molar-refractivity contribution in [2.24, 2.45) is 0 Å². The van der Waals surface area contributed by atoms with E-state index in [4.69, 9.17) is 0 Å². The number of rotatable bonds is 3. The molecule has 0 saturated heterocycles. The molecule has 0 spiro atoms. The molecule has 2 heterocycles. The maximum Gasteiger partial charge on any atom is 0.147 e. The average molecular weight is 302 g/mol.